The van der Waals surface area contributed by atoms with Crippen LogP contribution in [0, 0.1) is 0 Å². The van der Waals surface area contributed by atoms with Crippen molar-refractivity contribution in [3.05, 3.63) is 65.7 Å². The lowest BCUT2D eigenvalue weighted by Gasteiger charge is -2.14. The zero-order valence-corrected chi connectivity index (χ0v) is 14.6. The van der Waals surface area contributed by atoms with Gasteiger partial charge in [0.15, 0.2) is 0 Å². The Morgan fingerprint density at radius 2 is 1.62 bits per heavy atom. The van der Waals surface area contributed by atoms with E-state index in [1.165, 1.54) is 6.92 Å². The molecule has 0 bridgehead atoms. The molecular formula is C19H21N3O4. The summed E-state index contributed by atoms with van der Waals surface area (Å²) in [4.78, 5) is 35.9. The number of hydrazine groups is 1. The highest BCUT2D eigenvalue weighted by atomic mass is 16.5. The van der Waals surface area contributed by atoms with Crippen molar-refractivity contribution in [1.82, 2.24) is 16.2 Å². The van der Waals surface area contributed by atoms with Crippen molar-refractivity contribution in [2.75, 3.05) is 7.11 Å². The van der Waals surface area contributed by atoms with E-state index >= 15 is 0 Å². The highest BCUT2D eigenvalue weighted by Crippen LogP contribution is 2.11. The molecule has 0 aliphatic heterocycles. The normalized spacial score (nSPS) is 11.2. The molecule has 0 aliphatic carbocycles. The molecular weight excluding hydrogens is 334 g/mol. The zero-order chi connectivity index (χ0) is 18.9. The van der Waals surface area contributed by atoms with Gasteiger partial charge in [-0.1, -0.05) is 30.3 Å². The molecule has 0 aromatic heterocycles. The number of carbonyl (C=O) groups is 3. The second-order valence-corrected chi connectivity index (χ2v) is 5.62. The molecule has 0 heterocycles. The molecule has 0 saturated carbocycles. The topological polar surface area (TPSA) is 96.5 Å². The molecule has 0 aliphatic rings. The van der Waals surface area contributed by atoms with Crippen molar-refractivity contribution in [1.29, 1.82) is 0 Å². The Bertz CT molecular complexity index is 760. The van der Waals surface area contributed by atoms with Gasteiger partial charge in [0, 0.05) is 5.56 Å². The lowest BCUT2D eigenvalue weighted by atomic mass is 10.1. The third-order valence-corrected chi connectivity index (χ3v) is 3.63. The molecule has 1 atom stereocenters. The fraction of sp³-hybridized carbons (Fsp3) is 0.211. The molecule has 7 nitrogen and oxygen atoms in total. The van der Waals surface area contributed by atoms with Gasteiger partial charge in [-0.15, -0.1) is 0 Å². The second-order valence-electron chi connectivity index (χ2n) is 5.62. The molecule has 0 saturated heterocycles. The maximum Gasteiger partial charge on any atom is 0.260 e. The van der Waals surface area contributed by atoms with Crippen LogP contribution in [0.4, 0.5) is 0 Å². The predicted molar refractivity (Wildman–Crippen MR) is 96.4 cm³/mol. The summed E-state index contributed by atoms with van der Waals surface area (Å²) in [5.74, 6) is -0.550. The summed E-state index contributed by atoms with van der Waals surface area (Å²) in [6.45, 7) is 1.53. The number of ether oxygens (including phenoxy) is 1. The van der Waals surface area contributed by atoms with Crippen LogP contribution < -0.4 is 20.9 Å². The maximum absolute atomic E-state index is 12.0. The molecule has 0 spiro atoms. The van der Waals surface area contributed by atoms with E-state index in [9.17, 15) is 14.4 Å². The van der Waals surface area contributed by atoms with Crippen molar-refractivity contribution >= 4 is 17.7 Å². The number of hydrogen-bond acceptors (Lipinski definition) is 4. The van der Waals surface area contributed by atoms with E-state index in [4.69, 9.17) is 4.74 Å². The molecule has 1 unspecified atom stereocenters. The first kappa shape index (κ1) is 19.0. The quantitative estimate of drug-likeness (QED) is 0.679. The summed E-state index contributed by atoms with van der Waals surface area (Å²) in [5, 5.41) is 2.57. The third-order valence-electron chi connectivity index (χ3n) is 3.63. The smallest absolute Gasteiger partial charge is 0.260 e. The summed E-state index contributed by atoms with van der Waals surface area (Å²) >= 11 is 0. The molecule has 2 rings (SSSR count). The average Bonchev–Trinajstić information content (AvgIpc) is 2.67. The Kier molecular flexibility index (Phi) is 6.73. The lowest BCUT2D eigenvalue weighted by Crippen LogP contribution is -2.51. The zero-order valence-electron chi connectivity index (χ0n) is 14.6. The number of amides is 3. The standard InChI is InChI=1S/C19H21N3O4/c1-13(20-19(25)15-6-4-3-5-7-15)18(24)22-21-17(23)12-14-8-10-16(26-2)11-9-14/h3-11,13H,12H2,1-2H3,(H,20,25)(H,21,23)(H,22,24). The van der Waals surface area contributed by atoms with E-state index in [0.717, 1.165) is 5.56 Å². The van der Waals surface area contributed by atoms with Crippen LogP contribution in [0.15, 0.2) is 54.6 Å². The summed E-state index contributed by atoms with van der Waals surface area (Å²) in [7, 11) is 1.56. The monoisotopic (exact) mass is 355 g/mol. The van der Waals surface area contributed by atoms with Crippen LogP contribution in [0.2, 0.25) is 0 Å². The van der Waals surface area contributed by atoms with Crippen molar-refractivity contribution in [3.8, 4) is 5.75 Å². The maximum atomic E-state index is 12.0. The molecule has 0 radical (unpaired) electrons. The minimum atomic E-state index is -0.802. The Labute approximate surface area is 151 Å². The van der Waals surface area contributed by atoms with Gasteiger partial charge in [0.1, 0.15) is 11.8 Å². The fourth-order valence-electron chi connectivity index (χ4n) is 2.15. The lowest BCUT2D eigenvalue weighted by molar-refractivity contribution is -0.129. The van der Waals surface area contributed by atoms with Crippen molar-refractivity contribution in [2.45, 2.75) is 19.4 Å². The van der Waals surface area contributed by atoms with Crippen LogP contribution in [-0.2, 0) is 16.0 Å². The van der Waals surface area contributed by atoms with Gasteiger partial charge in [0.05, 0.1) is 13.5 Å². The number of rotatable bonds is 6. The number of benzene rings is 2. The average molecular weight is 355 g/mol. The van der Waals surface area contributed by atoms with E-state index in [1.807, 2.05) is 0 Å². The summed E-state index contributed by atoms with van der Waals surface area (Å²) in [6, 6.07) is 14.8. The van der Waals surface area contributed by atoms with Gasteiger partial charge in [0.25, 0.3) is 11.8 Å². The number of nitrogens with one attached hydrogen (secondary N) is 3. The summed E-state index contributed by atoms with van der Waals surface area (Å²) < 4.78 is 5.05. The van der Waals surface area contributed by atoms with Gasteiger partial charge in [-0.25, -0.2) is 0 Å². The van der Waals surface area contributed by atoms with Crippen molar-refractivity contribution in [3.63, 3.8) is 0 Å². The predicted octanol–water partition coefficient (Wildman–Crippen LogP) is 1.20. The first-order chi connectivity index (χ1) is 12.5. The highest BCUT2D eigenvalue weighted by Gasteiger charge is 2.17. The van der Waals surface area contributed by atoms with E-state index in [2.05, 4.69) is 16.2 Å². The Morgan fingerprint density at radius 1 is 0.962 bits per heavy atom. The van der Waals surface area contributed by atoms with E-state index in [1.54, 1.807) is 61.7 Å². The van der Waals surface area contributed by atoms with Crippen LogP contribution in [-0.4, -0.2) is 30.9 Å². The Hall–Kier alpha value is -3.35. The van der Waals surface area contributed by atoms with E-state index in [0.29, 0.717) is 11.3 Å². The number of hydrogen-bond donors (Lipinski definition) is 3. The van der Waals surface area contributed by atoms with Crippen LogP contribution >= 0.6 is 0 Å². The number of methoxy groups -OCH3 is 1. The Morgan fingerprint density at radius 3 is 2.23 bits per heavy atom. The molecule has 2 aromatic rings. The van der Waals surface area contributed by atoms with Crippen LogP contribution in [0.1, 0.15) is 22.8 Å². The molecule has 26 heavy (non-hydrogen) atoms. The first-order valence-electron chi connectivity index (χ1n) is 8.07. The second kappa shape index (κ2) is 9.22. The summed E-state index contributed by atoms with van der Waals surface area (Å²) in [5.41, 5.74) is 5.87. The molecule has 3 amide bonds. The van der Waals surface area contributed by atoms with Gasteiger partial charge in [0.2, 0.25) is 5.91 Å². The van der Waals surface area contributed by atoms with E-state index < -0.39 is 11.9 Å². The van der Waals surface area contributed by atoms with Crippen LogP contribution in [0.25, 0.3) is 0 Å². The third kappa shape index (κ3) is 5.62. The van der Waals surface area contributed by atoms with Crippen LogP contribution in [0.3, 0.4) is 0 Å². The minimum Gasteiger partial charge on any atom is -0.497 e. The minimum absolute atomic E-state index is 0.106. The van der Waals surface area contributed by atoms with Crippen molar-refractivity contribution in [2.24, 2.45) is 0 Å². The van der Waals surface area contributed by atoms with Crippen LogP contribution in [0.5, 0.6) is 5.75 Å². The van der Waals surface area contributed by atoms with Gasteiger partial charge in [-0.2, -0.15) is 0 Å². The van der Waals surface area contributed by atoms with E-state index in [-0.39, 0.29) is 18.2 Å². The largest absolute Gasteiger partial charge is 0.497 e. The van der Waals surface area contributed by atoms with Gasteiger partial charge in [-0.05, 0) is 36.8 Å². The SMILES string of the molecule is COc1ccc(CC(=O)NNC(=O)C(C)NC(=O)c2ccccc2)cc1. The molecule has 3 N–H and O–H groups in total. The number of carbonyl (C=O) groups excluding carboxylic acids is 3. The molecule has 0 fully saturated rings. The van der Waals surface area contributed by atoms with Gasteiger partial charge < -0.3 is 10.1 Å². The van der Waals surface area contributed by atoms with Crippen molar-refractivity contribution < 1.29 is 19.1 Å². The Balaban J connectivity index is 1.77. The first-order valence-corrected chi connectivity index (χ1v) is 8.07. The summed E-state index contributed by atoms with van der Waals surface area (Å²) in [6.07, 6.45) is 0.106. The molecule has 2 aromatic carbocycles. The molecule has 136 valence electrons. The van der Waals surface area contributed by atoms with Gasteiger partial charge >= 0.3 is 0 Å². The molecule has 7 heteroatoms. The fourth-order valence-corrected chi connectivity index (χ4v) is 2.15. The van der Waals surface area contributed by atoms with Gasteiger partial charge in [-0.3, -0.25) is 25.2 Å². The highest BCUT2D eigenvalue weighted by molar-refractivity contribution is 5.97.